The van der Waals surface area contributed by atoms with Crippen LogP contribution in [0.4, 0.5) is 4.39 Å². The molecule has 0 radical (unpaired) electrons. The molecule has 2 aromatic carbocycles. The summed E-state index contributed by atoms with van der Waals surface area (Å²) in [5.74, 6) is 0.695. The highest BCUT2D eigenvalue weighted by atomic mass is 19.1. The van der Waals surface area contributed by atoms with Crippen LogP contribution in [-0.4, -0.2) is 10.7 Å². The van der Waals surface area contributed by atoms with Crippen molar-refractivity contribution in [2.75, 3.05) is 0 Å². The van der Waals surface area contributed by atoms with E-state index in [-0.39, 0.29) is 11.9 Å². The summed E-state index contributed by atoms with van der Waals surface area (Å²) < 4.78 is 21.5. The van der Waals surface area contributed by atoms with E-state index in [1.807, 2.05) is 61.0 Å². The summed E-state index contributed by atoms with van der Waals surface area (Å²) >= 11 is 0. The van der Waals surface area contributed by atoms with E-state index >= 15 is 0 Å². The summed E-state index contributed by atoms with van der Waals surface area (Å²) in [6.45, 7) is 4.54. The van der Waals surface area contributed by atoms with Crippen LogP contribution in [0.1, 0.15) is 19.4 Å². The fourth-order valence-electron chi connectivity index (χ4n) is 2.47. The smallest absolute Gasteiger partial charge is 0.128 e. The Morgan fingerprint density at radius 3 is 2.67 bits per heavy atom. The standard InChI is InChI=1S/C18H18FNO/c1-13(2)21-16-7-8-18-14(11-16)9-10-20(18)12-15-5-3-4-6-17(15)19/h3-11,13H,12H2,1-2H3. The molecule has 0 saturated carbocycles. The van der Waals surface area contributed by atoms with Gasteiger partial charge in [0.2, 0.25) is 0 Å². The molecule has 1 heterocycles. The van der Waals surface area contributed by atoms with Gasteiger partial charge in [-0.05, 0) is 44.2 Å². The Balaban J connectivity index is 1.92. The highest BCUT2D eigenvalue weighted by Crippen LogP contribution is 2.24. The third-order valence-electron chi connectivity index (χ3n) is 3.41. The van der Waals surface area contributed by atoms with Gasteiger partial charge in [-0.1, -0.05) is 18.2 Å². The van der Waals surface area contributed by atoms with Crippen LogP contribution >= 0.6 is 0 Å². The van der Waals surface area contributed by atoms with Crippen LogP contribution in [0.15, 0.2) is 54.7 Å². The van der Waals surface area contributed by atoms with Crippen molar-refractivity contribution in [1.82, 2.24) is 4.57 Å². The van der Waals surface area contributed by atoms with Crippen molar-refractivity contribution >= 4 is 10.9 Å². The minimum atomic E-state index is -0.167. The van der Waals surface area contributed by atoms with Crippen LogP contribution in [0.25, 0.3) is 10.9 Å². The van der Waals surface area contributed by atoms with Crippen LogP contribution in [0.5, 0.6) is 5.75 Å². The van der Waals surface area contributed by atoms with E-state index in [2.05, 4.69) is 0 Å². The Labute approximate surface area is 123 Å². The van der Waals surface area contributed by atoms with Gasteiger partial charge < -0.3 is 9.30 Å². The number of hydrogen-bond acceptors (Lipinski definition) is 1. The van der Waals surface area contributed by atoms with Crippen LogP contribution in [0.2, 0.25) is 0 Å². The Morgan fingerprint density at radius 2 is 1.90 bits per heavy atom. The second kappa shape index (κ2) is 5.60. The van der Waals surface area contributed by atoms with Gasteiger partial charge in [0.05, 0.1) is 12.6 Å². The molecule has 3 rings (SSSR count). The highest BCUT2D eigenvalue weighted by Gasteiger charge is 2.07. The Hall–Kier alpha value is -2.29. The van der Waals surface area contributed by atoms with Gasteiger partial charge in [0.15, 0.2) is 0 Å². The normalized spacial score (nSPS) is 11.2. The first kappa shape index (κ1) is 13.7. The maximum absolute atomic E-state index is 13.8. The highest BCUT2D eigenvalue weighted by molar-refractivity contribution is 5.81. The number of aromatic nitrogens is 1. The van der Waals surface area contributed by atoms with Crippen molar-refractivity contribution in [3.8, 4) is 5.75 Å². The first-order chi connectivity index (χ1) is 10.1. The zero-order valence-electron chi connectivity index (χ0n) is 12.2. The SMILES string of the molecule is CC(C)Oc1ccc2c(ccn2Cc2ccccc2F)c1. The molecule has 0 aliphatic heterocycles. The molecular weight excluding hydrogens is 265 g/mol. The molecule has 0 N–H and O–H groups in total. The molecule has 0 fully saturated rings. The molecule has 0 aliphatic rings. The molecular formula is C18H18FNO. The fourth-order valence-corrected chi connectivity index (χ4v) is 2.47. The van der Waals surface area contributed by atoms with Crippen molar-refractivity contribution in [2.45, 2.75) is 26.5 Å². The minimum absolute atomic E-state index is 0.156. The molecule has 108 valence electrons. The summed E-state index contributed by atoms with van der Waals surface area (Å²) in [5, 5.41) is 1.10. The molecule has 0 bridgehead atoms. The first-order valence-corrected chi connectivity index (χ1v) is 7.12. The van der Waals surface area contributed by atoms with Crippen molar-refractivity contribution in [2.24, 2.45) is 0 Å². The number of fused-ring (bicyclic) bond motifs is 1. The van der Waals surface area contributed by atoms with E-state index in [1.54, 1.807) is 6.07 Å². The second-order valence-corrected chi connectivity index (χ2v) is 5.42. The lowest BCUT2D eigenvalue weighted by Gasteiger charge is -2.10. The molecule has 2 nitrogen and oxygen atoms in total. The van der Waals surface area contributed by atoms with E-state index in [1.165, 1.54) is 6.07 Å². The molecule has 0 saturated heterocycles. The Morgan fingerprint density at radius 1 is 1.10 bits per heavy atom. The largest absolute Gasteiger partial charge is 0.491 e. The van der Waals surface area contributed by atoms with Crippen LogP contribution in [0.3, 0.4) is 0 Å². The minimum Gasteiger partial charge on any atom is -0.491 e. The summed E-state index contributed by atoms with van der Waals surface area (Å²) in [7, 11) is 0. The number of halogens is 1. The van der Waals surface area contributed by atoms with Gasteiger partial charge in [0.25, 0.3) is 0 Å². The van der Waals surface area contributed by atoms with Crippen molar-refractivity contribution in [3.05, 3.63) is 66.1 Å². The monoisotopic (exact) mass is 283 g/mol. The lowest BCUT2D eigenvalue weighted by Crippen LogP contribution is -2.05. The topological polar surface area (TPSA) is 14.2 Å². The third-order valence-corrected chi connectivity index (χ3v) is 3.41. The van der Waals surface area contributed by atoms with Gasteiger partial charge in [0.1, 0.15) is 11.6 Å². The van der Waals surface area contributed by atoms with Crippen LogP contribution in [0, 0.1) is 5.82 Å². The van der Waals surface area contributed by atoms with Gasteiger partial charge in [-0.15, -0.1) is 0 Å². The van der Waals surface area contributed by atoms with Crippen LogP contribution < -0.4 is 4.74 Å². The molecule has 0 unspecified atom stereocenters. The van der Waals surface area contributed by atoms with Gasteiger partial charge in [0, 0.05) is 22.7 Å². The lowest BCUT2D eigenvalue weighted by atomic mass is 10.2. The predicted molar refractivity (Wildman–Crippen MR) is 83.2 cm³/mol. The molecule has 3 heteroatoms. The molecule has 1 aromatic heterocycles. The zero-order chi connectivity index (χ0) is 14.8. The van der Waals surface area contributed by atoms with Gasteiger partial charge in [-0.2, -0.15) is 0 Å². The summed E-state index contributed by atoms with van der Waals surface area (Å²) in [4.78, 5) is 0. The number of nitrogens with zero attached hydrogens (tertiary/aromatic N) is 1. The average Bonchev–Trinajstić information content (AvgIpc) is 2.83. The fraction of sp³-hybridized carbons (Fsp3) is 0.222. The Kier molecular flexibility index (Phi) is 3.65. The second-order valence-electron chi connectivity index (χ2n) is 5.42. The van der Waals surface area contributed by atoms with E-state index in [9.17, 15) is 4.39 Å². The maximum Gasteiger partial charge on any atom is 0.128 e. The average molecular weight is 283 g/mol. The van der Waals surface area contributed by atoms with Gasteiger partial charge >= 0.3 is 0 Å². The van der Waals surface area contributed by atoms with E-state index in [4.69, 9.17) is 4.74 Å². The predicted octanol–water partition coefficient (Wildman–Crippen LogP) is 4.62. The summed E-state index contributed by atoms with van der Waals surface area (Å²) in [6.07, 6.45) is 2.14. The number of ether oxygens (including phenoxy) is 1. The van der Waals surface area contributed by atoms with Crippen molar-refractivity contribution in [3.63, 3.8) is 0 Å². The zero-order valence-corrected chi connectivity index (χ0v) is 12.2. The summed E-state index contributed by atoms with van der Waals surface area (Å²) in [6, 6.07) is 14.9. The van der Waals surface area contributed by atoms with Crippen LogP contribution in [-0.2, 0) is 6.54 Å². The molecule has 0 aliphatic carbocycles. The molecule has 21 heavy (non-hydrogen) atoms. The summed E-state index contributed by atoms with van der Waals surface area (Å²) in [5.41, 5.74) is 1.77. The number of benzene rings is 2. The molecule has 3 aromatic rings. The molecule has 0 spiro atoms. The van der Waals surface area contributed by atoms with E-state index < -0.39 is 0 Å². The number of hydrogen-bond donors (Lipinski definition) is 0. The maximum atomic E-state index is 13.8. The molecule has 0 amide bonds. The van der Waals surface area contributed by atoms with Crippen molar-refractivity contribution < 1.29 is 9.13 Å². The first-order valence-electron chi connectivity index (χ1n) is 7.12. The number of rotatable bonds is 4. The quantitative estimate of drug-likeness (QED) is 0.681. The van der Waals surface area contributed by atoms with Gasteiger partial charge in [-0.25, -0.2) is 4.39 Å². The van der Waals surface area contributed by atoms with E-state index in [0.717, 1.165) is 16.7 Å². The van der Waals surface area contributed by atoms with Crippen molar-refractivity contribution in [1.29, 1.82) is 0 Å². The van der Waals surface area contributed by atoms with E-state index in [0.29, 0.717) is 12.1 Å². The van der Waals surface area contributed by atoms with Gasteiger partial charge in [-0.3, -0.25) is 0 Å². The molecule has 0 atom stereocenters. The lowest BCUT2D eigenvalue weighted by molar-refractivity contribution is 0.243. The third kappa shape index (κ3) is 2.92. The Bertz CT molecular complexity index is 761.